The molecule has 2 aromatic heterocycles. The molecule has 0 aliphatic heterocycles. The number of para-hydroxylation sites is 2. The van der Waals surface area contributed by atoms with E-state index < -0.39 is 0 Å². The highest BCUT2D eigenvalue weighted by atomic mass is 15.0. The molecule has 0 saturated carbocycles. The van der Waals surface area contributed by atoms with Crippen LogP contribution in [0.25, 0.3) is 50.0 Å². The second-order valence-corrected chi connectivity index (χ2v) is 7.58. The maximum Gasteiger partial charge on any atom is 0.159 e. The zero-order valence-corrected chi connectivity index (χ0v) is 16.8. The molecule has 2 heterocycles. The van der Waals surface area contributed by atoms with Crippen molar-refractivity contribution in [2.45, 2.75) is 0 Å². The van der Waals surface area contributed by atoms with Crippen LogP contribution in [0.1, 0.15) is 0 Å². The molecule has 0 amide bonds. The van der Waals surface area contributed by atoms with E-state index in [0.717, 1.165) is 28.2 Å². The maximum atomic E-state index is 4.56. The zero-order chi connectivity index (χ0) is 20.6. The Morgan fingerprint density at radius 3 is 1.61 bits per heavy atom. The molecule has 0 atom stereocenters. The molecule has 0 aliphatic carbocycles. The van der Waals surface area contributed by atoms with Gasteiger partial charge in [-0.2, -0.15) is 0 Å². The number of hydrogen-bond acceptors (Lipinski definition) is 2. The standard InChI is InChI=1S/C28H19N3/c1-2-8-21(9-3-1)28-29-18-22(19-30-28)20-14-16-23(17-15-20)31-26-12-6-4-10-24(26)25-11-5-7-13-27(25)31/h1-19H. The van der Waals surface area contributed by atoms with Gasteiger partial charge in [0.2, 0.25) is 0 Å². The van der Waals surface area contributed by atoms with E-state index in [1.165, 1.54) is 21.8 Å². The van der Waals surface area contributed by atoms with E-state index in [0.29, 0.717) is 0 Å². The number of rotatable bonds is 3. The van der Waals surface area contributed by atoms with E-state index in [2.05, 4.69) is 87.3 Å². The molecule has 0 saturated heterocycles. The van der Waals surface area contributed by atoms with Crippen LogP contribution in [0.5, 0.6) is 0 Å². The van der Waals surface area contributed by atoms with Gasteiger partial charge in [0.25, 0.3) is 0 Å². The van der Waals surface area contributed by atoms with Crippen molar-refractivity contribution in [3.63, 3.8) is 0 Å². The molecular weight excluding hydrogens is 378 g/mol. The highest BCUT2D eigenvalue weighted by Crippen LogP contribution is 2.32. The summed E-state index contributed by atoms with van der Waals surface area (Å²) in [6.07, 6.45) is 3.79. The highest BCUT2D eigenvalue weighted by molar-refractivity contribution is 6.09. The number of hydrogen-bond donors (Lipinski definition) is 0. The van der Waals surface area contributed by atoms with Crippen LogP contribution in [-0.4, -0.2) is 14.5 Å². The van der Waals surface area contributed by atoms with Gasteiger partial charge in [0.05, 0.1) is 11.0 Å². The van der Waals surface area contributed by atoms with Crippen molar-refractivity contribution in [2.24, 2.45) is 0 Å². The number of nitrogens with zero attached hydrogens (tertiary/aromatic N) is 3. The fourth-order valence-corrected chi connectivity index (χ4v) is 4.22. The van der Waals surface area contributed by atoms with Gasteiger partial charge < -0.3 is 4.57 Å². The monoisotopic (exact) mass is 397 g/mol. The Kier molecular flexibility index (Phi) is 4.10. The lowest BCUT2D eigenvalue weighted by Gasteiger charge is -2.09. The molecule has 0 unspecified atom stereocenters. The average molecular weight is 397 g/mol. The summed E-state index contributed by atoms with van der Waals surface area (Å²) in [6, 6.07) is 35.8. The van der Waals surface area contributed by atoms with Crippen molar-refractivity contribution < 1.29 is 0 Å². The Morgan fingerprint density at radius 1 is 0.452 bits per heavy atom. The average Bonchev–Trinajstić information content (AvgIpc) is 3.19. The molecular formula is C28H19N3. The van der Waals surface area contributed by atoms with E-state index in [-0.39, 0.29) is 0 Å². The van der Waals surface area contributed by atoms with Crippen molar-refractivity contribution in [1.82, 2.24) is 14.5 Å². The fourth-order valence-electron chi connectivity index (χ4n) is 4.22. The van der Waals surface area contributed by atoms with E-state index in [9.17, 15) is 0 Å². The van der Waals surface area contributed by atoms with Gasteiger partial charge in [-0.3, -0.25) is 0 Å². The summed E-state index contributed by atoms with van der Waals surface area (Å²) < 4.78 is 2.32. The van der Waals surface area contributed by atoms with Gasteiger partial charge in [-0.25, -0.2) is 9.97 Å². The Balaban J connectivity index is 1.40. The molecule has 0 spiro atoms. The van der Waals surface area contributed by atoms with Gasteiger partial charge in [0, 0.05) is 40.0 Å². The summed E-state index contributed by atoms with van der Waals surface area (Å²) in [5, 5.41) is 2.54. The normalized spacial score (nSPS) is 11.2. The quantitative estimate of drug-likeness (QED) is 0.325. The molecule has 146 valence electrons. The lowest BCUT2D eigenvalue weighted by atomic mass is 10.1. The van der Waals surface area contributed by atoms with Crippen molar-refractivity contribution >= 4 is 21.8 Å². The predicted molar refractivity (Wildman–Crippen MR) is 127 cm³/mol. The van der Waals surface area contributed by atoms with Crippen LogP contribution in [0, 0.1) is 0 Å². The van der Waals surface area contributed by atoms with Gasteiger partial charge >= 0.3 is 0 Å². The molecule has 4 aromatic carbocycles. The van der Waals surface area contributed by atoms with E-state index >= 15 is 0 Å². The second kappa shape index (κ2) is 7.22. The first-order chi connectivity index (χ1) is 15.4. The molecule has 31 heavy (non-hydrogen) atoms. The van der Waals surface area contributed by atoms with E-state index in [4.69, 9.17) is 0 Å². The highest BCUT2D eigenvalue weighted by Gasteiger charge is 2.11. The molecule has 0 N–H and O–H groups in total. The summed E-state index contributed by atoms with van der Waals surface area (Å²) >= 11 is 0. The van der Waals surface area contributed by atoms with Crippen molar-refractivity contribution in [1.29, 1.82) is 0 Å². The Hall–Kier alpha value is -4.24. The van der Waals surface area contributed by atoms with Crippen molar-refractivity contribution in [3.05, 3.63) is 116 Å². The number of fused-ring (bicyclic) bond motifs is 3. The minimum Gasteiger partial charge on any atom is -0.309 e. The van der Waals surface area contributed by atoms with Gasteiger partial charge in [-0.15, -0.1) is 0 Å². The molecule has 0 bridgehead atoms. The van der Waals surface area contributed by atoms with Crippen LogP contribution in [-0.2, 0) is 0 Å². The molecule has 0 fully saturated rings. The molecule has 3 heteroatoms. The molecule has 6 aromatic rings. The predicted octanol–water partition coefficient (Wildman–Crippen LogP) is 6.91. The topological polar surface area (TPSA) is 30.7 Å². The summed E-state index contributed by atoms with van der Waals surface area (Å²) in [6.45, 7) is 0. The van der Waals surface area contributed by atoms with Crippen LogP contribution in [0.2, 0.25) is 0 Å². The summed E-state index contributed by atoms with van der Waals surface area (Å²) in [7, 11) is 0. The van der Waals surface area contributed by atoms with Gasteiger partial charge in [-0.1, -0.05) is 78.9 Å². The summed E-state index contributed by atoms with van der Waals surface area (Å²) in [5.74, 6) is 0.742. The van der Waals surface area contributed by atoms with Gasteiger partial charge in [-0.05, 0) is 29.8 Å². The van der Waals surface area contributed by atoms with E-state index in [1.54, 1.807) is 0 Å². The van der Waals surface area contributed by atoms with Crippen LogP contribution in [0.3, 0.4) is 0 Å². The SMILES string of the molecule is c1ccc(-c2ncc(-c3ccc(-n4c5ccccc5c5ccccc54)cc3)cn2)cc1. The van der Waals surface area contributed by atoms with Crippen LogP contribution < -0.4 is 0 Å². The lowest BCUT2D eigenvalue weighted by Crippen LogP contribution is -1.94. The second-order valence-electron chi connectivity index (χ2n) is 7.58. The zero-order valence-electron chi connectivity index (χ0n) is 16.8. The first-order valence-corrected chi connectivity index (χ1v) is 10.3. The minimum atomic E-state index is 0.742. The smallest absolute Gasteiger partial charge is 0.159 e. The van der Waals surface area contributed by atoms with Crippen LogP contribution >= 0.6 is 0 Å². The minimum absolute atomic E-state index is 0.742. The van der Waals surface area contributed by atoms with Crippen LogP contribution in [0.4, 0.5) is 0 Å². The number of benzene rings is 4. The van der Waals surface area contributed by atoms with Gasteiger partial charge in [0.1, 0.15) is 0 Å². The van der Waals surface area contributed by atoms with Crippen LogP contribution in [0.15, 0.2) is 116 Å². The Labute approximate surface area is 180 Å². The third-order valence-corrected chi connectivity index (χ3v) is 5.72. The Morgan fingerprint density at radius 2 is 1.00 bits per heavy atom. The lowest BCUT2D eigenvalue weighted by molar-refractivity contribution is 1.17. The maximum absolute atomic E-state index is 4.56. The molecule has 6 rings (SSSR count). The fraction of sp³-hybridized carbons (Fsp3) is 0. The van der Waals surface area contributed by atoms with Gasteiger partial charge in [0.15, 0.2) is 5.82 Å². The largest absolute Gasteiger partial charge is 0.309 e. The molecule has 3 nitrogen and oxygen atoms in total. The van der Waals surface area contributed by atoms with E-state index in [1.807, 2.05) is 42.7 Å². The van der Waals surface area contributed by atoms with Crippen molar-refractivity contribution in [2.75, 3.05) is 0 Å². The summed E-state index contributed by atoms with van der Waals surface area (Å²) in [4.78, 5) is 9.13. The Bertz CT molecular complexity index is 1440. The summed E-state index contributed by atoms with van der Waals surface area (Å²) in [5.41, 5.74) is 6.70. The number of aromatic nitrogens is 3. The third-order valence-electron chi connectivity index (χ3n) is 5.72. The molecule has 0 aliphatic rings. The van der Waals surface area contributed by atoms with Crippen molar-refractivity contribution in [3.8, 4) is 28.2 Å². The molecule has 0 radical (unpaired) electrons. The first-order valence-electron chi connectivity index (χ1n) is 10.3. The first kappa shape index (κ1) is 17.6. The third kappa shape index (κ3) is 2.99.